The first kappa shape index (κ1) is 14.8. The fraction of sp³-hybridized carbons (Fsp3) is 0.312. The summed E-state index contributed by atoms with van der Waals surface area (Å²) < 4.78 is 0. The lowest BCUT2D eigenvalue weighted by Gasteiger charge is -2.11. The van der Waals surface area contributed by atoms with Gasteiger partial charge in [-0.3, -0.25) is 0 Å². The lowest BCUT2D eigenvalue weighted by Crippen LogP contribution is -2.10. The molecule has 114 valence electrons. The van der Waals surface area contributed by atoms with E-state index in [-0.39, 0.29) is 0 Å². The molecule has 1 saturated heterocycles. The Morgan fingerprint density at radius 2 is 1.91 bits per heavy atom. The Kier molecular flexibility index (Phi) is 4.53. The number of nitrogens with zero attached hydrogens (tertiary/aromatic N) is 5. The molecule has 0 atom stereocenters. The number of tetrazole rings is 1. The largest absolute Gasteiger partial charge is 0.377 e. The van der Waals surface area contributed by atoms with Crippen LogP contribution in [0.1, 0.15) is 25.6 Å². The molecule has 22 heavy (non-hydrogen) atoms. The summed E-state index contributed by atoms with van der Waals surface area (Å²) in [4.78, 5) is 3.84. The third-order valence-electron chi connectivity index (χ3n) is 3.51. The number of hydrogen-bond acceptors (Lipinski definition) is 4. The third kappa shape index (κ3) is 3.74. The van der Waals surface area contributed by atoms with Gasteiger partial charge < -0.3 is 4.90 Å². The Morgan fingerprint density at radius 1 is 1.18 bits per heavy atom. The summed E-state index contributed by atoms with van der Waals surface area (Å²) >= 11 is 5.87. The number of likely N-dealkylation sites (tertiary alicyclic amines) is 1. The number of hydrogen-bond donors (Lipinski definition) is 0. The quantitative estimate of drug-likeness (QED) is 0.812. The molecule has 3 rings (SSSR count). The number of aromatic nitrogens is 4. The summed E-state index contributed by atoms with van der Waals surface area (Å²) in [5, 5.41) is 13.1. The predicted octanol–water partition coefficient (Wildman–Crippen LogP) is 3.33. The van der Waals surface area contributed by atoms with Gasteiger partial charge in [0, 0.05) is 24.3 Å². The molecule has 2 heterocycles. The van der Waals surface area contributed by atoms with Crippen molar-refractivity contribution in [3.05, 3.63) is 53.0 Å². The van der Waals surface area contributed by atoms with E-state index in [1.807, 2.05) is 24.3 Å². The number of rotatable bonds is 4. The van der Waals surface area contributed by atoms with Crippen LogP contribution in [0.4, 0.5) is 0 Å². The van der Waals surface area contributed by atoms with Gasteiger partial charge in [-0.05, 0) is 60.9 Å². The Hall–Kier alpha value is -2.14. The average molecular weight is 316 g/mol. The van der Waals surface area contributed by atoms with Crippen LogP contribution in [-0.2, 0) is 0 Å². The normalized spacial score (nSPS) is 15.9. The highest BCUT2D eigenvalue weighted by molar-refractivity contribution is 6.30. The molecule has 0 radical (unpaired) electrons. The van der Waals surface area contributed by atoms with E-state index in [0.717, 1.165) is 18.8 Å². The van der Waals surface area contributed by atoms with Gasteiger partial charge in [0.1, 0.15) is 0 Å². The third-order valence-corrected chi connectivity index (χ3v) is 3.76. The Labute approximate surface area is 134 Å². The maximum atomic E-state index is 5.87. The molecule has 1 aromatic heterocycles. The summed E-state index contributed by atoms with van der Waals surface area (Å²) in [5.74, 6) is 0.587. The van der Waals surface area contributed by atoms with E-state index in [9.17, 15) is 0 Å². The molecule has 0 aliphatic carbocycles. The summed E-state index contributed by atoms with van der Waals surface area (Å²) in [6.07, 6.45) is 8.64. The molecule has 0 unspecified atom stereocenters. The summed E-state index contributed by atoms with van der Waals surface area (Å²) in [6.45, 7) is 4.38. The maximum Gasteiger partial charge on any atom is 0.198 e. The van der Waals surface area contributed by atoms with Crippen molar-refractivity contribution >= 4 is 17.7 Å². The van der Waals surface area contributed by atoms with Gasteiger partial charge in [-0.15, -0.1) is 15.0 Å². The van der Waals surface area contributed by atoms with Gasteiger partial charge in [0.25, 0.3) is 0 Å². The number of halogens is 1. The van der Waals surface area contributed by atoms with E-state index in [1.54, 1.807) is 12.1 Å². The smallest absolute Gasteiger partial charge is 0.198 e. The number of benzene rings is 1. The van der Waals surface area contributed by atoms with Crippen LogP contribution in [0.5, 0.6) is 0 Å². The van der Waals surface area contributed by atoms with Crippen molar-refractivity contribution in [3.8, 4) is 5.69 Å². The van der Waals surface area contributed by atoms with Crippen molar-refractivity contribution in [2.24, 2.45) is 0 Å². The molecule has 0 N–H and O–H groups in total. The van der Waals surface area contributed by atoms with Crippen LogP contribution in [0.2, 0.25) is 5.02 Å². The fourth-order valence-electron chi connectivity index (χ4n) is 2.38. The Bertz CT molecular complexity index is 681. The van der Waals surface area contributed by atoms with Crippen molar-refractivity contribution in [2.45, 2.75) is 19.8 Å². The van der Waals surface area contributed by atoms with Crippen LogP contribution in [0.25, 0.3) is 11.8 Å². The molecule has 1 fully saturated rings. The zero-order valence-corrected chi connectivity index (χ0v) is 13.2. The van der Waals surface area contributed by atoms with Crippen LogP contribution < -0.4 is 0 Å². The molecule has 0 saturated carbocycles. The molecule has 1 aliphatic heterocycles. The molecule has 0 spiro atoms. The minimum atomic E-state index is 0.587. The van der Waals surface area contributed by atoms with Gasteiger partial charge in [-0.1, -0.05) is 17.7 Å². The summed E-state index contributed by atoms with van der Waals surface area (Å²) in [6, 6.07) is 7.32. The lowest BCUT2D eigenvalue weighted by atomic mass is 10.3. The molecule has 2 aromatic rings. The average Bonchev–Trinajstić information content (AvgIpc) is 3.17. The van der Waals surface area contributed by atoms with E-state index in [0.29, 0.717) is 10.8 Å². The second kappa shape index (κ2) is 6.75. The fourth-order valence-corrected chi connectivity index (χ4v) is 2.51. The van der Waals surface area contributed by atoms with E-state index in [2.05, 4.69) is 33.4 Å². The van der Waals surface area contributed by atoms with E-state index < -0.39 is 0 Å². The molecule has 1 aromatic carbocycles. The molecular formula is C16H18ClN5. The molecule has 0 bridgehead atoms. The Morgan fingerprint density at radius 3 is 2.64 bits per heavy atom. The molecule has 1 aliphatic rings. The van der Waals surface area contributed by atoms with Gasteiger partial charge in [-0.2, -0.15) is 0 Å². The SMILES string of the molecule is CC(/C=C/c1nnn(-c2ccc(Cl)cc2)n1)=C\N1CCCC1. The molecular weight excluding hydrogens is 298 g/mol. The minimum absolute atomic E-state index is 0.587. The van der Waals surface area contributed by atoms with Crippen molar-refractivity contribution < 1.29 is 0 Å². The Balaban J connectivity index is 1.68. The summed E-state index contributed by atoms with van der Waals surface area (Å²) in [7, 11) is 0. The zero-order chi connectivity index (χ0) is 15.4. The minimum Gasteiger partial charge on any atom is -0.377 e. The van der Waals surface area contributed by atoms with Crippen LogP contribution in [-0.4, -0.2) is 38.2 Å². The van der Waals surface area contributed by atoms with Gasteiger partial charge in [-0.25, -0.2) is 0 Å². The zero-order valence-electron chi connectivity index (χ0n) is 12.5. The van der Waals surface area contributed by atoms with E-state index in [4.69, 9.17) is 11.6 Å². The van der Waals surface area contributed by atoms with Crippen LogP contribution in [0.3, 0.4) is 0 Å². The molecule has 6 heteroatoms. The van der Waals surface area contributed by atoms with Gasteiger partial charge >= 0.3 is 0 Å². The van der Waals surface area contributed by atoms with Gasteiger partial charge in [0.15, 0.2) is 5.82 Å². The van der Waals surface area contributed by atoms with Crippen molar-refractivity contribution in [3.63, 3.8) is 0 Å². The molecule has 0 amide bonds. The van der Waals surface area contributed by atoms with Crippen molar-refractivity contribution in [1.82, 2.24) is 25.1 Å². The topological polar surface area (TPSA) is 46.8 Å². The highest BCUT2D eigenvalue weighted by atomic mass is 35.5. The molecule has 5 nitrogen and oxygen atoms in total. The highest BCUT2D eigenvalue weighted by Crippen LogP contribution is 2.12. The highest BCUT2D eigenvalue weighted by Gasteiger charge is 2.07. The van der Waals surface area contributed by atoms with Crippen molar-refractivity contribution in [2.75, 3.05) is 13.1 Å². The van der Waals surface area contributed by atoms with E-state index >= 15 is 0 Å². The second-order valence-electron chi connectivity index (χ2n) is 5.36. The van der Waals surface area contributed by atoms with Crippen LogP contribution in [0, 0.1) is 0 Å². The first-order valence-corrected chi connectivity index (χ1v) is 7.75. The monoisotopic (exact) mass is 315 g/mol. The van der Waals surface area contributed by atoms with Gasteiger partial charge in [0.2, 0.25) is 0 Å². The van der Waals surface area contributed by atoms with Crippen molar-refractivity contribution in [1.29, 1.82) is 0 Å². The number of allylic oxidation sites excluding steroid dienone is 2. The van der Waals surface area contributed by atoms with Crippen LogP contribution >= 0.6 is 11.6 Å². The van der Waals surface area contributed by atoms with Gasteiger partial charge in [0.05, 0.1) is 5.69 Å². The first-order valence-electron chi connectivity index (χ1n) is 7.37. The predicted molar refractivity (Wildman–Crippen MR) is 87.8 cm³/mol. The van der Waals surface area contributed by atoms with Crippen LogP contribution in [0.15, 0.2) is 42.1 Å². The summed E-state index contributed by atoms with van der Waals surface area (Å²) in [5.41, 5.74) is 2.02. The lowest BCUT2D eigenvalue weighted by molar-refractivity contribution is 0.465. The first-order chi connectivity index (χ1) is 10.7. The van der Waals surface area contributed by atoms with E-state index in [1.165, 1.54) is 23.2 Å². The standard InChI is InChI=1S/C16H18ClN5/c1-13(12-21-10-2-3-11-21)4-9-16-18-20-22(19-16)15-7-5-14(17)6-8-15/h4-9,12H,2-3,10-11H2,1H3/b9-4+,13-12+. The maximum absolute atomic E-state index is 5.87. The second-order valence-corrected chi connectivity index (χ2v) is 5.80.